The highest BCUT2D eigenvalue weighted by molar-refractivity contribution is 7.89. The van der Waals surface area contributed by atoms with E-state index in [2.05, 4.69) is 4.72 Å². The Morgan fingerprint density at radius 2 is 1.63 bits per heavy atom. The highest BCUT2D eigenvalue weighted by atomic mass is 35.5. The summed E-state index contributed by atoms with van der Waals surface area (Å²) in [5.74, 6) is -0.826. The predicted octanol–water partition coefficient (Wildman–Crippen LogP) is 3.13. The topological polar surface area (TPSA) is 69.7 Å². The van der Waals surface area contributed by atoms with Gasteiger partial charge >= 0.3 is 0 Å². The summed E-state index contributed by atoms with van der Waals surface area (Å²) in [7, 11) is -3.88. The fourth-order valence-corrected chi connectivity index (χ4v) is 4.86. The molecule has 0 spiro atoms. The number of piperazine rings is 1. The number of halogens is 2. The summed E-state index contributed by atoms with van der Waals surface area (Å²) in [6, 6.07) is 11.4. The minimum absolute atomic E-state index is 0.0507. The number of hydrogen-bond donors (Lipinski definition) is 1. The number of carbonyl (C=O) groups excluding carboxylic acids is 1. The number of nitrogens with zero attached hydrogens (tertiary/aromatic N) is 2. The molecule has 1 fully saturated rings. The first kappa shape index (κ1) is 22.5. The summed E-state index contributed by atoms with van der Waals surface area (Å²) in [6.07, 6.45) is 0. The molecule has 6 nitrogen and oxygen atoms in total. The van der Waals surface area contributed by atoms with Crippen LogP contribution >= 0.6 is 11.6 Å². The average Bonchev–Trinajstić information content (AvgIpc) is 2.72. The van der Waals surface area contributed by atoms with Crippen LogP contribution in [0.1, 0.15) is 13.8 Å². The van der Waals surface area contributed by atoms with Crippen LogP contribution in [0.25, 0.3) is 0 Å². The van der Waals surface area contributed by atoms with Crippen molar-refractivity contribution in [3.8, 4) is 0 Å². The van der Waals surface area contributed by atoms with Gasteiger partial charge in [0.25, 0.3) is 0 Å². The van der Waals surface area contributed by atoms with Crippen molar-refractivity contribution >= 4 is 33.2 Å². The monoisotopic (exact) mass is 453 g/mol. The van der Waals surface area contributed by atoms with E-state index in [9.17, 15) is 17.6 Å². The standard InChI is InChI=1S/C21H25ClFN3O3S/c1-15(2)20(24-30(28,29)17-9-7-16(22)8-10-17)21(27)26-13-11-25(12-14-26)19-6-4-3-5-18(19)23/h3-10,15,20,24H,11-14H2,1-2H3/t20-/m0/s1. The molecule has 9 heteroatoms. The highest BCUT2D eigenvalue weighted by Crippen LogP contribution is 2.21. The molecule has 0 bridgehead atoms. The summed E-state index contributed by atoms with van der Waals surface area (Å²) in [5.41, 5.74) is 0.508. The zero-order valence-corrected chi connectivity index (χ0v) is 18.5. The van der Waals surface area contributed by atoms with Gasteiger partial charge in [-0.1, -0.05) is 37.6 Å². The summed E-state index contributed by atoms with van der Waals surface area (Å²) >= 11 is 5.83. The largest absolute Gasteiger partial charge is 0.366 e. The molecule has 1 atom stereocenters. The lowest BCUT2D eigenvalue weighted by Crippen LogP contribution is -2.56. The second-order valence-corrected chi connectivity index (χ2v) is 9.71. The molecule has 162 valence electrons. The van der Waals surface area contributed by atoms with Crippen molar-refractivity contribution < 1.29 is 17.6 Å². The zero-order valence-electron chi connectivity index (χ0n) is 16.9. The number of sulfonamides is 1. The Kier molecular flexibility index (Phi) is 7.00. The van der Waals surface area contributed by atoms with Crippen LogP contribution in [0.3, 0.4) is 0 Å². The summed E-state index contributed by atoms with van der Waals surface area (Å²) in [5, 5.41) is 0.429. The maximum atomic E-state index is 14.0. The number of carbonyl (C=O) groups is 1. The van der Waals surface area contributed by atoms with E-state index in [-0.39, 0.29) is 22.5 Å². The van der Waals surface area contributed by atoms with Crippen molar-refractivity contribution in [2.45, 2.75) is 24.8 Å². The predicted molar refractivity (Wildman–Crippen MR) is 116 cm³/mol. The Morgan fingerprint density at radius 3 is 2.20 bits per heavy atom. The van der Waals surface area contributed by atoms with Crippen LogP contribution in [0.4, 0.5) is 10.1 Å². The lowest BCUT2D eigenvalue weighted by atomic mass is 10.0. The molecule has 1 N–H and O–H groups in total. The van der Waals surface area contributed by atoms with E-state index in [0.29, 0.717) is 36.9 Å². The third-order valence-electron chi connectivity index (χ3n) is 5.12. The third-order valence-corrected chi connectivity index (χ3v) is 6.83. The maximum absolute atomic E-state index is 14.0. The molecular formula is C21H25ClFN3O3S. The van der Waals surface area contributed by atoms with Gasteiger partial charge in [0.15, 0.2) is 0 Å². The molecule has 0 saturated carbocycles. The van der Waals surface area contributed by atoms with Gasteiger partial charge in [-0.3, -0.25) is 4.79 Å². The number of hydrogen-bond acceptors (Lipinski definition) is 4. The number of nitrogens with one attached hydrogen (secondary N) is 1. The second kappa shape index (κ2) is 9.32. The number of para-hydroxylation sites is 1. The Hall–Kier alpha value is -2.16. The van der Waals surface area contributed by atoms with Crippen molar-refractivity contribution in [2.75, 3.05) is 31.1 Å². The zero-order chi connectivity index (χ0) is 21.9. The molecule has 1 aliphatic heterocycles. The smallest absolute Gasteiger partial charge is 0.241 e. The van der Waals surface area contributed by atoms with Gasteiger partial charge in [0.05, 0.1) is 10.6 Å². The Balaban J connectivity index is 1.69. The number of rotatable bonds is 6. The molecule has 1 aliphatic rings. The van der Waals surface area contributed by atoms with E-state index >= 15 is 0 Å². The number of amides is 1. The van der Waals surface area contributed by atoms with E-state index in [1.807, 2.05) is 4.90 Å². The quantitative estimate of drug-likeness (QED) is 0.729. The van der Waals surface area contributed by atoms with E-state index in [0.717, 1.165) is 0 Å². The van der Waals surface area contributed by atoms with Gasteiger partial charge in [-0.2, -0.15) is 4.72 Å². The van der Waals surface area contributed by atoms with Gasteiger partial charge in [0.1, 0.15) is 11.9 Å². The van der Waals surface area contributed by atoms with E-state index in [1.54, 1.807) is 36.9 Å². The van der Waals surface area contributed by atoms with E-state index < -0.39 is 16.1 Å². The fourth-order valence-electron chi connectivity index (χ4n) is 3.39. The van der Waals surface area contributed by atoms with Crippen molar-refractivity contribution in [3.63, 3.8) is 0 Å². The Morgan fingerprint density at radius 1 is 1.03 bits per heavy atom. The van der Waals surface area contributed by atoms with Crippen LogP contribution in [0, 0.1) is 11.7 Å². The van der Waals surface area contributed by atoms with Crippen LogP contribution in [0.15, 0.2) is 53.4 Å². The normalized spacial score (nSPS) is 16.0. The molecule has 2 aromatic carbocycles. The van der Waals surface area contributed by atoms with Crippen molar-refractivity contribution in [2.24, 2.45) is 5.92 Å². The fraction of sp³-hybridized carbons (Fsp3) is 0.381. The number of benzene rings is 2. The van der Waals surface area contributed by atoms with Gasteiger partial charge in [-0.05, 0) is 42.3 Å². The minimum Gasteiger partial charge on any atom is -0.366 e. The Bertz CT molecular complexity index is 991. The van der Waals surface area contributed by atoms with Crippen molar-refractivity contribution in [1.29, 1.82) is 0 Å². The van der Waals surface area contributed by atoms with Crippen molar-refractivity contribution in [1.82, 2.24) is 9.62 Å². The average molecular weight is 454 g/mol. The SMILES string of the molecule is CC(C)[C@H](NS(=O)(=O)c1ccc(Cl)cc1)C(=O)N1CCN(c2ccccc2F)CC1. The summed E-state index contributed by atoms with van der Waals surface area (Å²) < 4.78 is 42.1. The number of anilines is 1. The van der Waals surface area contributed by atoms with Gasteiger partial charge in [0, 0.05) is 31.2 Å². The lowest BCUT2D eigenvalue weighted by Gasteiger charge is -2.38. The van der Waals surface area contributed by atoms with Crippen molar-refractivity contribution in [3.05, 3.63) is 59.4 Å². The molecular weight excluding hydrogens is 429 g/mol. The molecule has 30 heavy (non-hydrogen) atoms. The van der Waals surface area contributed by atoms with Crippen LogP contribution < -0.4 is 9.62 Å². The third kappa shape index (κ3) is 5.11. The molecule has 0 aliphatic carbocycles. The molecule has 1 heterocycles. The van der Waals surface area contributed by atoms with Gasteiger partial charge in [-0.25, -0.2) is 12.8 Å². The van der Waals surface area contributed by atoms with Crippen LogP contribution in [0.2, 0.25) is 5.02 Å². The highest BCUT2D eigenvalue weighted by Gasteiger charge is 2.33. The second-order valence-electron chi connectivity index (χ2n) is 7.56. The molecule has 0 aromatic heterocycles. The maximum Gasteiger partial charge on any atom is 0.241 e. The van der Waals surface area contributed by atoms with E-state index in [1.165, 1.54) is 30.3 Å². The molecule has 3 rings (SSSR count). The van der Waals surface area contributed by atoms with Crippen LogP contribution in [0.5, 0.6) is 0 Å². The van der Waals surface area contributed by atoms with Crippen LogP contribution in [-0.4, -0.2) is 51.4 Å². The summed E-state index contributed by atoms with van der Waals surface area (Å²) in [4.78, 5) is 16.7. The first-order chi connectivity index (χ1) is 14.2. The molecule has 1 saturated heterocycles. The summed E-state index contributed by atoms with van der Waals surface area (Å²) in [6.45, 7) is 5.31. The van der Waals surface area contributed by atoms with Gasteiger partial charge in [0.2, 0.25) is 15.9 Å². The Labute approximate surface area is 181 Å². The van der Waals surface area contributed by atoms with E-state index in [4.69, 9.17) is 11.6 Å². The molecule has 0 radical (unpaired) electrons. The molecule has 1 amide bonds. The molecule has 2 aromatic rings. The van der Waals surface area contributed by atoms with Crippen LogP contribution in [-0.2, 0) is 14.8 Å². The van der Waals surface area contributed by atoms with Gasteiger partial charge < -0.3 is 9.80 Å². The lowest BCUT2D eigenvalue weighted by molar-refractivity contribution is -0.134. The minimum atomic E-state index is -3.88. The van der Waals surface area contributed by atoms with Gasteiger partial charge in [-0.15, -0.1) is 0 Å². The first-order valence-corrected chi connectivity index (χ1v) is 11.6. The molecule has 0 unspecified atom stereocenters. The first-order valence-electron chi connectivity index (χ1n) is 9.75.